The summed E-state index contributed by atoms with van der Waals surface area (Å²) in [5.41, 5.74) is 5.15. The molecule has 1 N–H and O–H groups in total. The van der Waals surface area contributed by atoms with Crippen molar-refractivity contribution in [2.75, 3.05) is 60.2 Å². The van der Waals surface area contributed by atoms with Crippen LogP contribution in [0.3, 0.4) is 0 Å². The first-order chi connectivity index (χ1) is 27.2. The van der Waals surface area contributed by atoms with Crippen LogP contribution in [0.5, 0.6) is 0 Å². The molecule has 3 fully saturated rings. The van der Waals surface area contributed by atoms with Gasteiger partial charge in [0.1, 0.15) is 5.82 Å². The molecule has 0 aromatic heterocycles. The van der Waals surface area contributed by atoms with E-state index in [1.165, 1.54) is 28.8 Å². The van der Waals surface area contributed by atoms with E-state index in [0.717, 1.165) is 85.6 Å². The van der Waals surface area contributed by atoms with Crippen molar-refractivity contribution in [3.63, 3.8) is 0 Å². The van der Waals surface area contributed by atoms with Crippen LogP contribution in [0.1, 0.15) is 80.9 Å². The fourth-order valence-electron chi connectivity index (χ4n) is 10.7. The van der Waals surface area contributed by atoms with Crippen LogP contribution in [0.25, 0.3) is 0 Å². The van der Waals surface area contributed by atoms with E-state index < -0.39 is 27.7 Å². The van der Waals surface area contributed by atoms with Crippen molar-refractivity contribution in [1.29, 1.82) is 0 Å². The zero-order valence-corrected chi connectivity index (χ0v) is 33.6. The number of piperidine rings is 2. The molecule has 3 atom stereocenters. The number of nitrogens with one attached hydrogen (secondary N) is 1. The number of amides is 2. The van der Waals surface area contributed by atoms with Crippen LogP contribution >= 0.6 is 0 Å². The molecule has 8 rings (SSSR count). The fourth-order valence-corrected chi connectivity index (χ4v) is 11.6. The van der Waals surface area contributed by atoms with Crippen LogP contribution in [0.4, 0.5) is 30.2 Å². The van der Waals surface area contributed by atoms with Gasteiger partial charge in [-0.2, -0.15) is 0 Å². The molecule has 3 aromatic rings. The molecule has 4 heterocycles. The van der Waals surface area contributed by atoms with Gasteiger partial charge in [-0.05, 0) is 141 Å². The lowest BCUT2D eigenvalue weighted by atomic mass is 9.73. The number of carbonyl (C=O) groups excluding carboxylic acids is 2. The minimum absolute atomic E-state index is 0.0611. The van der Waals surface area contributed by atoms with Crippen LogP contribution in [-0.2, 0) is 31.4 Å². The molecule has 1 unspecified atom stereocenters. The molecule has 0 bridgehead atoms. The quantitative estimate of drug-likeness (QED) is 0.239. The summed E-state index contributed by atoms with van der Waals surface area (Å²) in [5, 5.41) is 3.23. The van der Waals surface area contributed by atoms with Crippen molar-refractivity contribution in [1.82, 2.24) is 9.62 Å². The van der Waals surface area contributed by atoms with E-state index in [4.69, 9.17) is 0 Å². The number of sulfonamides is 1. The molecule has 3 aromatic carbocycles. The first-order valence-corrected chi connectivity index (χ1v) is 22.1. The Balaban J connectivity index is 0.985. The maximum atomic E-state index is 15.0. The SMILES string of the molecule is C=CC(=O)N1C[C@]2(C)CCCN2c2cc(N3CCC4(CC3)C[C@@H](CC(=O)NC(Cc3ccc(F)c(F)c3)C3CCN(S(C)(=O)=O)CC3)c3ccc(F)cc34)ccc21. The highest BCUT2D eigenvalue weighted by Gasteiger charge is 2.48. The highest BCUT2D eigenvalue weighted by molar-refractivity contribution is 7.88. The molecular formula is C44H52F3N5O4S. The Hall–Kier alpha value is -4.36. The van der Waals surface area contributed by atoms with Gasteiger partial charge < -0.3 is 20.0 Å². The van der Waals surface area contributed by atoms with Gasteiger partial charge in [0, 0.05) is 57.4 Å². The van der Waals surface area contributed by atoms with Crippen LogP contribution in [0.2, 0.25) is 0 Å². The number of benzene rings is 3. The van der Waals surface area contributed by atoms with Crippen LogP contribution < -0.4 is 20.0 Å². The fraction of sp³-hybridized carbons (Fsp3) is 0.500. The number of halogens is 3. The van der Waals surface area contributed by atoms with Crippen molar-refractivity contribution in [3.8, 4) is 0 Å². The van der Waals surface area contributed by atoms with Gasteiger partial charge in [0.2, 0.25) is 15.9 Å². The molecule has 2 amide bonds. The molecule has 4 aliphatic heterocycles. The molecule has 57 heavy (non-hydrogen) atoms. The van der Waals surface area contributed by atoms with Crippen molar-refractivity contribution in [2.45, 2.75) is 87.6 Å². The first kappa shape index (κ1) is 39.5. The Labute approximate surface area is 333 Å². The summed E-state index contributed by atoms with van der Waals surface area (Å²) >= 11 is 0. The zero-order chi connectivity index (χ0) is 40.3. The summed E-state index contributed by atoms with van der Waals surface area (Å²) in [5.74, 6) is -2.65. The number of carbonyl (C=O) groups is 2. The average Bonchev–Trinajstić information content (AvgIpc) is 3.72. The van der Waals surface area contributed by atoms with E-state index in [0.29, 0.717) is 44.5 Å². The number of fused-ring (bicyclic) bond motifs is 5. The second-order valence-corrected chi connectivity index (χ2v) is 19.3. The van der Waals surface area contributed by atoms with Gasteiger partial charge in [-0.3, -0.25) is 9.59 Å². The second kappa shape index (κ2) is 15.1. The molecule has 304 valence electrons. The first-order valence-electron chi connectivity index (χ1n) is 20.3. The lowest BCUT2D eigenvalue weighted by molar-refractivity contribution is -0.122. The van der Waals surface area contributed by atoms with Crippen LogP contribution in [-0.4, -0.2) is 81.6 Å². The highest BCUT2D eigenvalue weighted by Crippen LogP contribution is 2.54. The molecule has 0 saturated carbocycles. The third kappa shape index (κ3) is 7.57. The summed E-state index contributed by atoms with van der Waals surface area (Å²) in [7, 11) is -3.36. The number of hydrogen-bond acceptors (Lipinski definition) is 6. The van der Waals surface area contributed by atoms with E-state index in [9.17, 15) is 31.2 Å². The Morgan fingerprint density at radius 2 is 1.68 bits per heavy atom. The number of rotatable bonds is 9. The number of hydrogen-bond donors (Lipinski definition) is 1. The summed E-state index contributed by atoms with van der Waals surface area (Å²) in [4.78, 5) is 33.6. The van der Waals surface area contributed by atoms with Gasteiger partial charge in [-0.1, -0.05) is 18.7 Å². The smallest absolute Gasteiger partial charge is 0.250 e. The Bertz CT molecular complexity index is 2190. The molecule has 9 nitrogen and oxygen atoms in total. The Morgan fingerprint density at radius 3 is 2.39 bits per heavy atom. The zero-order valence-electron chi connectivity index (χ0n) is 32.8. The van der Waals surface area contributed by atoms with Gasteiger partial charge >= 0.3 is 0 Å². The standard InChI is InChI=1S/C44H52F3N5O4S/c1-4-42(54)51-28-43(2)14-5-17-52(43)40-26-33(8-11-39(40)51)49-20-15-44(16-21-49)27-31(34-9-7-32(45)25-35(34)44)24-41(53)48-38(23-29-6-10-36(46)37(47)22-29)30-12-18-50(19-13-30)57(3,55)56/h4,6-11,22,25-26,30-31,38H,1,5,12-21,23-24,27-28H2,2-3H3,(H,48,53)/t31-,38?,43+/m1/s1. The predicted octanol–water partition coefficient (Wildman–Crippen LogP) is 6.81. The molecule has 1 spiro atoms. The summed E-state index contributed by atoms with van der Waals surface area (Å²) in [6.07, 6.45) is 8.47. The van der Waals surface area contributed by atoms with Gasteiger partial charge in [-0.15, -0.1) is 0 Å². The number of anilines is 3. The highest BCUT2D eigenvalue weighted by atomic mass is 32.2. The van der Waals surface area contributed by atoms with E-state index in [-0.39, 0.29) is 53.3 Å². The second-order valence-electron chi connectivity index (χ2n) is 17.3. The Kier molecular flexibility index (Phi) is 10.5. The van der Waals surface area contributed by atoms with E-state index >= 15 is 0 Å². The van der Waals surface area contributed by atoms with Crippen LogP contribution in [0.15, 0.2) is 67.3 Å². The lowest BCUT2D eigenvalue weighted by Crippen LogP contribution is -2.55. The minimum Gasteiger partial charge on any atom is -0.371 e. The van der Waals surface area contributed by atoms with Gasteiger partial charge in [-0.25, -0.2) is 25.9 Å². The molecule has 5 aliphatic rings. The lowest BCUT2D eigenvalue weighted by Gasteiger charge is -2.47. The summed E-state index contributed by atoms with van der Waals surface area (Å²) in [6.45, 7) is 9.70. The van der Waals surface area contributed by atoms with Gasteiger partial charge in [0.05, 0.1) is 23.2 Å². The van der Waals surface area contributed by atoms with Crippen molar-refractivity contribution in [2.24, 2.45) is 5.92 Å². The number of nitrogens with zero attached hydrogens (tertiary/aromatic N) is 4. The maximum Gasteiger partial charge on any atom is 0.250 e. The molecule has 3 saturated heterocycles. The average molecular weight is 804 g/mol. The predicted molar refractivity (Wildman–Crippen MR) is 217 cm³/mol. The topological polar surface area (TPSA) is 93.3 Å². The maximum absolute atomic E-state index is 15.0. The van der Waals surface area contributed by atoms with Gasteiger partial charge in [0.15, 0.2) is 11.6 Å². The molecule has 1 aliphatic carbocycles. The van der Waals surface area contributed by atoms with Crippen molar-refractivity contribution in [3.05, 3.63) is 101 Å². The van der Waals surface area contributed by atoms with E-state index in [1.54, 1.807) is 6.07 Å². The Morgan fingerprint density at radius 1 is 0.930 bits per heavy atom. The molecule has 13 heteroatoms. The van der Waals surface area contributed by atoms with Crippen molar-refractivity contribution < 1.29 is 31.2 Å². The van der Waals surface area contributed by atoms with Gasteiger partial charge in [0.25, 0.3) is 5.91 Å². The summed E-state index contributed by atoms with van der Waals surface area (Å²) < 4.78 is 68.9. The third-order valence-corrected chi connectivity index (χ3v) is 15.0. The van der Waals surface area contributed by atoms with Crippen molar-refractivity contribution >= 4 is 38.9 Å². The molecular weight excluding hydrogens is 752 g/mol. The molecule has 0 radical (unpaired) electrons. The largest absolute Gasteiger partial charge is 0.371 e. The minimum atomic E-state index is -3.36. The van der Waals surface area contributed by atoms with E-state index in [1.807, 2.05) is 11.0 Å². The monoisotopic (exact) mass is 803 g/mol. The summed E-state index contributed by atoms with van der Waals surface area (Å²) in [6, 6.07) is 14.7. The van der Waals surface area contributed by atoms with E-state index in [2.05, 4.69) is 46.8 Å². The van der Waals surface area contributed by atoms with Crippen LogP contribution in [0, 0.1) is 23.4 Å². The normalized spacial score (nSPS) is 23.9. The third-order valence-electron chi connectivity index (χ3n) is 13.7.